The molecule has 19 heavy (non-hydrogen) atoms. The maximum Gasteiger partial charge on any atom is 0.262 e. The van der Waals surface area contributed by atoms with Crippen LogP contribution in [0.2, 0.25) is 0 Å². The Bertz CT molecular complexity index is 497. The van der Waals surface area contributed by atoms with Crippen molar-refractivity contribution in [3.05, 3.63) is 41.5 Å². The number of nitrogens with one attached hydrogen (secondary N) is 1. The number of benzene rings is 1. The van der Waals surface area contributed by atoms with E-state index in [0.29, 0.717) is 6.54 Å². The van der Waals surface area contributed by atoms with E-state index in [1.807, 2.05) is 36.4 Å². The quantitative estimate of drug-likeness (QED) is 0.661. The SMILES string of the molecule is N#C/C(=C\c1ccccc1)C(=O)NC[C@H]1CCCO1. The van der Waals surface area contributed by atoms with Crippen molar-refractivity contribution in [2.75, 3.05) is 13.2 Å². The lowest BCUT2D eigenvalue weighted by molar-refractivity contribution is -0.117. The van der Waals surface area contributed by atoms with Gasteiger partial charge >= 0.3 is 0 Å². The second-order valence-corrected chi connectivity index (χ2v) is 4.43. The first-order valence-corrected chi connectivity index (χ1v) is 6.36. The molecule has 0 aromatic heterocycles. The fourth-order valence-electron chi connectivity index (χ4n) is 1.97. The smallest absolute Gasteiger partial charge is 0.262 e. The Morgan fingerprint density at radius 1 is 1.47 bits per heavy atom. The molecule has 1 amide bonds. The van der Waals surface area contributed by atoms with E-state index < -0.39 is 0 Å². The summed E-state index contributed by atoms with van der Waals surface area (Å²) in [5.74, 6) is -0.346. The van der Waals surface area contributed by atoms with Gasteiger partial charge in [-0.1, -0.05) is 30.3 Å². The predicted molar refractivity (Wildman–Crippen MR) is 72.0 cm³/mol. The number of hydrogen-bond donors (Lipinski definition) is 1. The van der Waals surface area contributed by atoms with Gasteiger partial charge in [0, 0.05) is 13.2 Å². The van der Waals surface area contributed by atoms with Crippen LogP contribution in [-0.2, 0) is 9.53 Å². The molecule has 0 bridgehead atoms. The van der Waals surface area contributed by atoms with Gasteiger partial charge in [0.05, 0.1) is 6.10 Å². The fourth-order valence-corrected chi connectivity index (χ4v) is 1.97. The summed E-state index contributed by atoms with van der Waals surface area (Å²) in [7, 11) is 0. The van der Waals surface area contributed by atoms with Gasteiger partial charge < -0.3 is 10.1 Å². The summed E-state index contributed by atoms with van der Waals surface area (Å²) >= 11 is 0. The molecule has 0 unspecified atom stereocenters. The van der Waals surface area contributed by atoms with E-state index in [4.69, 9.17) is 10.00 Å². The molecule has 98 valence electrons. The highest BCUT2D eigenvalue weighted by Crippen LogP contribution is 2.11. The van der Waals surface area contributed by atoms with Crippen LogP contribution >= 0.6 is 0 Å². The highest BCUT2D eigenvalue weighted by atomic mass is 16.5. The first-order chi connectivity index (χ1) is 9.29. The number of amides is 1. The summed E-state index contributed by atoms with van der Waals surface area (Å²) in [5.41, 5.74) is 0.954. The number of ether oxygens (including phenoxy) is 1. The molecule has 1 saturated heterocycles. The molecule has 2 rings (SSSR count). The molecule has 4 heteroatoms. The zero-order chi connectivity index (χ0) is 13.5. The third-order valence-corrected chi connectivity index (χ3v) is 2.99. The van der Waals surface area contributed by atoms with Gasteiger partial charge in [0.2, 0.25) is 0 Å². The summed E-state index contributed by atoms with van der Waals surface area (Å²) in [4.78, 5) is 11.9. The molecule has 0 spiro atoms. The maximum absolute atomic E-state index is 11.9. The molecule has 1 heterocycles. The topological polar surface area (TPSA) is 62.1 Å². The van der Waals surface area contributed by atoms with Crippen LogP contribution in [0.5, 0.6) is 0 Å². The van der Waals surface area contributed by atoms with Crippen LogP contribution in [0.25, 0.3) is 6.08 Å². The van der Waals surface area contributed by atoms with E-state index in [1.54, 1.807) is 6.08 Å². The average molecular weight is 256 g/mol. The lowest BCUT2D eigenvalue weighted by atomic mass is 10.1. The molecular weight excluding hydrogens is 240 g/mol. The van der Waals surface area contributed by atoms with Crippen molar-refractivity contribution < 1.29 is 9.53 Å². The van der Waals surface area contributed by atoms with Gasteiger partial charge in [0.15, 0.2) is 0 Å². The third kappa shape index (κ3) is 3.94. The Hall–Kier alpha value is -2.12. The van der Waals surface area contributed by atoms with E-state index in [0.717, 1.165) is 25.0 Å². The Morgan fingerprint density at radius 3 is 2.89 bits per heavy atom. The third-order valence-electron chi connectivity index (χ3n) is 2.99. The van der Waals surface area contributed by atoms with Gasteiger partial charge in [-0.25, -0.2) is 0 Å². The number of hydrogen-bond acceptors (Lipinski definition) is 3. The largest absolute Gasteiger partial charge is 0.376 e. The maximum atomic E-state index is 11.9. The minimum absolute atomic E-state index is 0.0839. The zero-order valence-corrected chi connectivity index (χ0v) is 10.6. The van der Waals surface area contributed by atoms with Crippen LogP contribution in [0.3, 0.4) is 0 Å². The number of rotatable bonds is 4. The summed E-state index contributed by atoms with van der Waals surface area (Å²) in [6.45, 7) is 1.22. The van der Waals surface area contributed by atoms with Crippen LogP contribution in [0.15, 0.2) is 35.9 Å². The Balaban J connectivity index is 1.95. The second kappa shape index (κ2) is 6.72. The lowest BCUT2D eigenvalue weighted by Crippen LogP contribution is -2.32. The van der Waals surface area contributed by atoms with E-state index in [9.17, 15) is 4.79 Å². The molecule has 0 aliphatic carbocycles. The van der Waals surface area contributed by atoms with Gasteiger partial charge in [-0.3, -0.25) is 4.79 Å². The van der Waals surface area contributed by atoms with Crippen molar-refractivity contribution in [3.63, 3.8) is 0 Å². The molecule has 0 saturated carbocycles. The van der Waals surface area contributed by atoms with Crippen molar-refractivity contribution in [3.8, 4) is 6.07 Å². The van der Waals surface area contributed by atoms with Crippen molar-refractivity contribution in [1.82, 2.24) is 5.32 Å². The van der Waals surface area contributed by atoms with Gasteiger partial charge in [-0.2, -0.15) is 5.26 Å². The Labute approximate surface area is 112 Å². The van der Waals surface area contributed by atoms with Crippen molar-refractivity contribution in [2.45, 2.75) is 18.9 Å². The summed E-state index contributed by atoms with van der Waals surface area (Å²) in [6, 6.07) is 11.3. The summed E-state index contributed by atoms with van der Waals surface area (Å²) < 4.78 is 5.42. The second-order valence-electron chi connectivity index (χ2n) is 4.43. The summed E-state index contributed by atoms with van der Waals surface area (Å²) in [5, 5.41) is 11.8. The van der Waals surface area contributed by atoms with Crippen molar-refractivity contribution >= 4 is 12.0 Å². The van der Waals surface area contributed by atoms with Crippen molar-refractivity contribution in [1.29, 1.82) is 5.26 Å². The zero-order valence-electron chi connectivity index (χ0n) is 10.6. The number of carbonyl (C=O) groups is 1. The first kappa shape index (κ1) is 13.3. The van der Waals surface area contributed by atoms with E-state index in [-0.39, 0.29) is 17.6 Å². The molecule has 1 aliphatic rings. The molecule has 0 radical (unpaired) electrons. The van der Waals surface area contributed by atoms with Crippen LogP contribution in [0.1, 0.15) is 18.4 Å². The van der Waals surface area contributed by atoms with Gasteiger partial charge in [-0.15, -0.1) is 0 Å². The fraction of sp³-hybridized carbons (Fsp3) is 0.333. The van der Waals surface area contributed by atoms with Gasteiger partial charge in [-0.05, 0) is 24.5 Å². The van der Waals surface area contributed by atoms with Crippen LogP contribution < -0.4 is 5.32 Å². The van der Waals surface area contributed by atoms with Gasteiger partial charge in [0.1, 0.15) is 11.6 Å². The monoisotopic (exact) mass is 256 g/mol. The minimum atomic E-state index is -0.346. The normalized spacial score (nSPS) is 18.9. The summed E-state index contributed by atoms with van der Waals surface area (Å²) in [6.07, 6.45) is 3.67. The minimum Gasteiger partial charge on any atom is -0.376 e. The van der Waals surface area contributed by atoms with Crippen molar-refractivity contribution in [2.24, 2.45) is 0 Å². The van der Waals surface area contributed by atoms with Crippen LogP contribution in [-0.4, -0.2) is 25.2 Å². The van der Waals surface area contributed by atoms with E-state index >= 15 is 0 Å². The van der Waals surface area contributed by atoms with Crippen LogP contribution in [0.4, 0.5) is 0 Å². The Kier molecular flexibility index (Phi) is 4.71. The molecular formula is C15H16N2O2. The van der Waals surface area contributed by atoms with Gasteiger partial charge in [0.25, 0.3) is 5.91 Å². The molecule has 1 fully saturated rings. The predicted octanol–water partition coefficient (Wildman–Crippen LogP) is 1.89. The molecule has 1 aliphatic heterocycles. The highest BCUT2D eigenvalue weighted by molar-refractivity contribution is 6.01. The van der Waals surface area contributed by atoms with E-state index in [1.165, 1.54) is 0 Å². The standard InChI is InChI=1S/C15H16N2O2/c16-10-13(9-12-5-2-1-3-6-12)15(18)17-11-14-7-4-8-19-14/h1-3,5-6,9,14H,4,7-8,11H2,(H,17,18)/b13-9+/t14-/m1/s1. The number of nitrogens with zero attached hydrogens (tertiary/aromatic N) is 1. The molecule has 4 nitrogen and oxygen atoms in total. The highest BCUT2D eigenvalue weighted by Gasteiger charge is 2.17. The van der Waals surface area contributed by atoms with E-state index in [2.05, 4.69) is 5.32 Å². The molecule has 1 aromatic rings. The lowest BCUT2D eigenvalue weighted by Gasteiger charge is -2.10. The Morgan fingerprint density at radius 2 is 2.26 bits per heavy atom. The number of nitriles is 1. The average Bonchev–Trinajstić information content (AvgIpc) is 2.96. The van der Waals surface area contributed by atoms with Crippen LogP contribution in [0, 0.1) is 11.3 Å². The molecule has 1 aromatic carbocycles. The molecule has 1 N–H and O–H groups in total. The number of carbonyl (C=O) groups excluding carboxylic acids is 1. The first-order valence-electron chi connectivity index (χ1n) is 6.36. The molecule has 1 atom stereocenters.